The molecule has 2 fully saturated rings. The predicted molar refractivity (Wildman–Crippen MR) is 111 cm³/mol. The summed E-state index contributed by atoms with van der Waals surface area (Å²) in [4.78, 5) is 0. The van der Waals surface area contributed by atoms with Crippen molar-refractivity contribution in [3.05, 3.63) is 53.3 Å². The number of rotatable bonds is 5. The Morgan fingerprint density at radius 3 is 2.33 bits per heavy atom. The molecule has 30 heavy (non-hydrogen) atoms. The SMILES string of the molecule is CCOC1CCC2CC(c3ccc(-c4ccc(OC)cc4F)c(F)c3F)CCC2C1. The molecule has 2 aromatic rings. The second kappa shape index (κ2) is 9.01. The van der Waals surface area contributed by atoms with Crippen LogP contribution in [0.3, 0.4) is 0 Å². The summed E-state index contributed by atoms with van der Waals surface area (Å²) in [5.41, 5.74) is 0.412. The van der Waals surface area contributed by atoms with E-state index in [0.29, 0.717) is 29.3 Å². The average Bonchev–Trinajstić information content (AvgIpc) is 2.76. The zero-order valence-electron chi connectivity index (χ0n) is 17.6. The number of methoxy groups -OCH3 is 1. The van der Waals surface area contributed by atoms with Gasteiger partial charge in [-0.2, -0.15) is 0 Å². The van der Waals surface area contributed by atoms with Crippen LogP contribution in [0, 0.1) is 29.3 Å². The first-order valence-corrected chi connectivity index (χ1v) is 10.9. The Balaban J connectivity index is 1.53. The number of benzene rings is 2. The number of halogens is 3. The molecular formula is C25H29F3O2. The highest BCUT2D eigenvalue weighted by molar-refractivity contribution is 5.66. The third-order valence-electron chi connectivity index (χ3n) is 6.99. The molecule has 4 atom stereocenters. The van der Waals surface area contributed by atoms with Gasteiger partial charge in [-0.05, 0) is 80.9 Å². The van der Waals surface area contributed by atoms with E-state index >= 15 is 4.39 Å². The molecule has 0 heterocycles. The number of hydrogen-bond donors (Lipinski definition) is 0. The zero-order valence-corrected chi connectivity index (χ0v) is 17.6. The largest absolute Gasteiger partial charge is 0.497 e. The Hall–Kier alpha value is -2.01. The zero-order chi connectivity index (χ0) is 21.3. The van der Waals surface area contributed by atoms with Crippen LogP contribution in [0.2, 0.25) is 0 Å². The smallest absolute Gasteiger partial charge is 0.167 e. The molecule has 5 heteroatoms. The molecule has 2 saturated carbocycles. The molecule has 0 N–H and O–H groups in total. The minimum atomic E-state index is -0.973. The summed E-state index contributed by atoms with van der Waals surface area (Å²) >= 11 is 0. The molecule has 0 saturated heterocycles. The van der Waals surface area contributed by atoms with Gasteiger partial charge in [-0.3, -0.25) is 0 Å². The highest BCUT2D eigenvalue weighted by Crippen LogP contribution is 2.47. The monoisotopic (exact) mass is 418 g/mol. The molecule has 0 amide bonds. The van der Waals surface area contributed by atoms with Crippen molar-refractivity contribution in [1.29, 1.82) is 0 Å². The van der Waals surface area contributed by atoms with Gasteiger partial charge in [0.25, 0.3) is 0 Å². The van der Waals surface area contributed by atoms with E-state index in [1.54, 1.807) is 12.1 Å². The van der Waals surface area contributed by atoms with Gasteiger partial charge in [-0.25, -0.2) is 13.2 Å². The lowest BCUT2D eigenvalue weighted by Crippen LogP contribution is -2.34. The summed E-state index contributed by atoms with van der Waals surface area (Å²) in [5, 5.41) is 0. The van der Waals surface area contributed by atoms with Gasteiger partial charge in [-0.15, -0.1) is 0 Å². The van der Waals surface area contributed by atoms with E-state index in [1.165, 1.54) is 25.3 Å². The normalized spacial score (nSPS) is 26.3. The van der Waals surface area contributed by atoms with Gasteiger partial charge in [0.2, 0.25) is 0 Å². The van der Waals surface area contributed by atoms with Crippen molar-refractivity contribution >= 4 is 0 Å². The maximum absolute atomic E-state index is 15.1. The van der Waals surface area contributed by atoms with E-state index in [9.17, 15) is 8.78 Å². The summed E-state index contributed by atoms with van der Waals surface area (Å²) in [7, 11) is 1.43. The summed E-state index contributed by atoms with van der Waals surface area (Å²) in [5.74, 6) is -0.933. The third kappa shape index (κ3) is 4.09. The maximum atomic E-state index is 15.1. The Labute approximate surface area is 176 Å². The van der Waals surface area contributed by atoms with Crippen molar-refractivity contribution < 1.29 is 22.6 Å². The van der Waals surface area contributed by atoms with Gasteiger partial charge in [-0.1, -0.05) is 12.1 Å². The molecule has 0 spiro atoms. The van der Waals surface area contributed by atoms with Crippen molar-refractivity contribution in [3.8, 4) is 16.9 Å². The second-order valence-electron chi connectivity index (χ2n) is 8.60. The molecule has 2 nitrogen and oxygen atoms in total. The van der Waals surface area contributed by atoms with E-state index in [0.717, 1.165) is 45.1 Å². The fourth-order valence-electron chi connectivity index (χ4n) is 5.44. The molecule has 0 radical (unpaired) electrons. The first kappa shape index (κ1) is 21.2. The van der Waals surface area contributed by atoms with Crippen molar-refractivity contribution in [2.24, 2.45) is 11.8 Å². The summed E-state index contributed by atoms with van der Waals surface area (Å²) in [6.07, 6.45) is 6.33. The predicted octanol–water partition coefficient (Wildman–Crippen LogP) is 6.87. The van der Waals surface area contributed by atoms with Crippen LogP contribution in [0.15, 0.2) is 30.3 Å². The average molecular weight is 418 g/mol. The molecule has 0 aliphatic heterocycles. The van der Waals surface area contributed by atoms with Gasteiger partial charge in [0.05, 0.1) is 13.2 Å². The Morgan fingerprint density at radius 1 is 0.867 bits per heavy atom. The van der Waals surface area contributed by atoms with Crippen LogP contribution < -0.4 is 4.74 Å². The minimum absolute atomic E-state index is 0.0131. The van der Waals surface area contributed by atoms with Gasteiger partial charge in [0.15, 0.2) is 11.6 Å². The van der Waals surface area contributed by atoms with E-state index in [-0.39, 0.29) is 17.0 Å². The minimum Gasteiger partial charge on any atom is -0.497 e. The van der Waals surface area contributed by atoms with Crippen LogP contribution in [-0.4, -0.2) is 19.8 Å². The van der Waals surface area contributed by atoms with Crippen molar-refractivity contribution in [1.82, 2.24) is 0 Å². The van der Waals surface area contributed by atoms with E-state index in [1.807, 2.05) is 6.92 Å². The second-order valence-corrected chi connectivity index (χ2v) is 8.60. The summed E-state index contributed by atoms with van der Waals surface area (Å²) < 4.78 is 55.2. The molecule has 2 aliphatic rings. The first-order valence-electron chi connectivity index (χ1n) is 10.9. The lowest BCUT2D eigenvalue weighted by atomic mass is 9.65. The highest BCUT2D eigenvalue weighted by Gasteiger charge is 2.37. The molecule has 2 aliphatic carbocycles. The first-order chi connectivity index (χ1) is 14.5. The summed E-state index contributed by atoms with van der Waals surface area (Å²) in [6.45, 7) is 2.78. The van der Waals surface area contributed by atoms with Gasteiger partial charge in [0.1, 0.15) is 11.6 Å². The number of ether oxygens (including phenoxy) is 2. The van der Waals surface area contributed by atoms with Crippen LogP contribution >= 0.6 is 0 Å². The summed E-state index contributed by atoms with van der Waals surface area (Å²) in [6, 6.07) is 7.31. The maximum Gasteiger partial charge on any atom is 0.167 e. The van der Waals surface area contributed by atoms with Crippen LogP contribution in [0.25, 0.3) is 11.1 Å². The molecule has 0 aromatic heterocycles. The van der Waals surface area contributed by atoms with Crippen LogP contribution in [0.1, 0.15) is 56.9 Å². The van der Waals surface area contributed by atoms with Gasteiger partial charge in [0, 0.05) is 23.8 Å². The molecule has 0 bridgehead atoms. The van der Waals surface area contributed by atoms with Crippen LogP contribution in [-0.2, 0) is 4.74 Å². The van der Waals surface area contributed by atoms with Crippen LogP contribution in [0.5, 0.6) is 5.75 Å². The van der Waals surface area contributed by atoms with Crippen molar-refractivity contribution in [3.63, 3.8) is 0 Å². The van der Waals surface area contributed by atoms with Crippen molar-refractivity contribution in [2.45, 2.75) is 57.5 Å². The Kier molecular flexibility index (Phi) is 6.37. The molecule has 2 aromatic carbocycles. The number of hydrogen-bond acceptors (Lipinski definition) is 2. The van der Waals surface area contributed by atoms with Crippen molar-refractivity contribution in [2.75, 3.05) is 13.7 Å². The fourth-order valence-corrected chi connectivity index (χ4v) is 5.44. The lowest BCUT2D eigenvalue weighted by Gasteiger charge is -2.42. The fraction of sp³-hybridized carbons (Fsp3) is 0.520. The standard InChI is InChI=1S/C25H29F3O2/c1-3-30-19-7-6-15-12-17(5-4-16(15)13-19)20-10-11-22(25(28)24(20)27)21-9-8-18(29-2)14-23(21)26/h8-11,14-17,19H,3-7,12-13H2,1-2H3. The van der Waals surface area contributed by atoms with E-state index in [2.05, 4.69) is 0 Å². The van der Waals surface area contributed by atoms with Crippen LogP contribution in [0.4, 0.5) is 13.2 Å². The molecular weight excluding hydrogens is 389 g/mol. The number of fused-ring (bicyclic) bond motifs is 1. The van der Waals surface area contributed by atoms with Gasteiger partial charge >= 0.3 is 0 Å². The van der Waals surface area contributed by atoms with Gasteiger partial charge < -0.3 is 9.47 Å². The molecule has 162 valence electrons. The topological polar surface area (TPSA) is 18.5 Å². The molecule has 4 unspecified atom stereocenters. The van der Waals surface area contributed by atoms with E-state index < -0.39 is 17.5 Å². The lowest BCUT2D eigenvalue weighted by molar-refractivity contribution is -0.00970. The highest BCUT2D eigenvalue weighted by atomic mass is 19.2. The quantitative estimate of drug-likeness (QED) is 0.528. The molecule has 4 rings (SSSR count). The Morgan fingerprint density at radius 2 is 1.60 bits per heavy atom. The Bertz CT molecular complexity index is 898. The third-order valence-corrected chi connectivity index (χ3v) is 6.99. The van der Waals surface area contributed by atoms with E-state index in [4.69, 9.17) is 9.47 Å².